The second kappa shape index (κ2) is 5.18. The molecule has 3 aromatic rings. The van der Waals surface area contributed by atoms with Gasteiger partial charge in [0.2, 0.25) is 0 Å². The molecular formula is C16H18N4O. The Morgan fingerprint density at radius 1 is 1.29 bits per heavy atom. The fourth-order valence-corrected chi connectivity index (χ4v) is 2.85. The smallest absolute Gasteiger partial charge is 0.280 e. The highest BCUT2D eigenvalue weighted by Gasteiger charge is 2.20. The van der Waals surface area contributed by atoms with Gasteiger partial charge in [-0.15, -0.1) is 0 Å². The molecule has 0 spiro atoms. The number of benzene rings is 1. The Kier molecular flexibility index (Phi) is 3.35. The van der Waals surface area contributed by atoms with Crippen LogP contribution in [0.2, 0.25) is 0 Å². The SMILES string of the molecule is Cc1c(CCN)c2ccccc2n1C(=O)c1ccnn1C. The highest BCUT2D eigenvalue weighted by molar-refractivity contribution is 6.03. The van der Waals surface area contributed by atoms with Gasteiger partial charge in [-0.2, -0.15) is 5.10 Å². The Labute approximate surface area is 123 Å². The number of nitrogens with two attached hydrogens (primary N) is 1. The number of aryl methyl sites for hydroxylation is 1. The molecule has 0 saturated carbocycles. The van der Waals surface area contributed by atoms with E-state index in [1.165, 1.54) is 0 Å². The Balaban J connectivity index is 2.25. The van der Waals surface area contributed by atoms with Crippen LogP contribution in [0.25, 0.3) is 10.9 Å². The maximum atomic E-state index is 12.9. The molecule has 2 N–H and O–H groups in total. The Bertz CT molecular complexity index is 813. The van der Waals surface area contributed by atoms with Gasteiger partial charge in [-0.25, -0.2) is 0 Å². The summed E-state index contributed by atoms with van der Waals surface area (Å²) in [4.78, 5) is 12.9. The maximum absolute atomic E-state index is 12.9. The summed E-state index contributed by atoms with van der Waals surface area (Å²) in [6.07, 6.45) is 2.40. The highest BCUT2D eigenvalue weighted by atomic mass is 16.2. The third-order valence-corrected chi connectivity index (χ3v) is 3.88. The van der Waals surface area contributed by atoms with Crippen molar-refractivity contribution >= 4 is 16.8 Å². The normalized spacial score (nSPS) is 11.2. The van der Waals surface area contributed by atoms with E-state index in [2.05, 4.69) is 5.10 Å². The van der Waals surface area contributed by atoms with Crippen LogP contribution in [0.4, 0.5) is 0 Å². The molecule has 2 heterocycles. The number of para-hydroxylation sites is 1. The van der Waals surface area contributed by atoms with E-state index in [9.17, 15) is 4.79 Å². The van der Waals surface area contributed by atoms with Crippen LogP contribution >= 0.6 is 0 Å². The first kappa shape index (κ1) is 13.6. The van der Waals surface area contributed by atoms with E-state index in [1.807, 2.05) is 31.2 Å². The van der Waals surface area contributed by atoms with Crippen molar-refractivity contribution in [2.45, 2.75) is 13.3 Å². The lowest BCUT2D eigenvalue weighted by Crippen LogP contribution is -2.17. The minimum Gasteiger partial charge on any atom is -0.330 e. The average molecular weight is 282 g/mol. The average Bonchev–Trinajstić information content (AvgIpc) is 3.02. The van der Waals surface area contributed by atoms with Crippen LogP contribution < -0.4 is 5.73 Å². The Morgan fingerprint density at radius 2 is 2.05 bits per heavy atom. The van der Waals surface area contributed by atoms with Crippen LogP contribution in [0.3, 0.4) is 0 Å². The lowest BCUT2D eigenvalue weighted by molar-refractivity contribution is 0.0953. The van der Waals surface area contributed by atoms with E-state index < -0.39 is 0 Å². The molecule has 5 heteroatoms. The molecule has 2 aromatic heterocycles. The molecular weight excluding hydrogens is 264 g/mol. The van der Waals surface area contributed by atoms with Gasteiger partial charge in [-0.1, -0.05) is 18.2 Å². The summed E-state index contributed by atoms with van der Waals surface area (Å²) in [5.74, 6) is -0.0630. The van der Waals surface area contributed by atoms with Crippen molar-refractivity contribution in [1.82, 2.24) is 14.3 Å². The number of carbonyl (C=O) groups is 1. The fourth-order valence-electron chi connectivity index (χ4n) is 2.85. The minimum atomic E-state index is -0.0630. The number of nitrogens with zero attached hydrogens (tertiary/aromatic N) is 3. The number of fused-ring (bicyclic) bond motifs is 1. The van der Waals surface area contributed by atoms with Crippen LogP contribution in [0.1, 0.15) is 21.7 Å². The molecule has 5 nitrogen and oxygen atoms in total. The Hall–Kier alpha value is -2.40. The second-order valence-corrected chi connectivity index (χ2v) is 5.10. The number of rotatable bonds is 3. The van der Waals surface area contributed by atoms with Gasteiger partial charge in [0.25, 0.3) is 5.91 Å². The zero-order chi connectivity index (χ0) is 15.0. The summed E-state index contributed by atoms with van der Waals surface area (Å²) >= 11 is 0. The van der Waals surface area contributed by atoms with Crippen molar-refractivity contribution in [2.24, 2.45) is 12.8 Å². The first-order valence-electron chi connectivity index (χ1n) is 6.97. The van der Waals surface area contributed by atoms with Crippen molar-refractivity contribution < 1.29 is 4.79 Å². The van der Waals surface area contributed by atoms with E-state index in [0.717, 1.165) is 28.6 Å². The zero-order valence-corrected chi connectivity index (χ0v) is 12.2. The Morgan fingerprint density at radius 3 is 2.71 bits per heavy atom. The third-order valence-electron chi connectivity index (χ3n) is 3.88. The van der Waals surface area contributed by atoms with Gasteiger partial charge < -0.3 is 5.73 Å². The van der Waals surface area contributed by atoms with E-state index >= 15 is 0 Å². The van der Waals surface area contributed by atoms with E-state index in [1.54, 1.807) is 28.6 Å². The van der Waals surface area contributed by atoms with Crippen LogP contribution in [0, 0.1) is 6.92 Å². The summed E-state index contributed by atoms with van der Waals surface area (Å²) < 4.78 is 3.36. The first-order chi connectivity index (χ1) is 10.1. The molecule has 3 rings (SSSR count). The van der Waals surface area contributed by atoms with E-state index in [0.29, 0.717) is 12.2 Å². The van der Waals surface area contributed by atoms with Crippen LogP contribution in [0.5, 0.6) is 0 Å². The van der Waals surface area contributed by atoms with Crippen LogP contribution in [0.15, 0.2) is 36.5 Å². The summed E-state index contributed by atoms with van der Waals surface area (Å²) in [6.45, 7) is 2.54. The molecule has 0 radical (unpaired) electrons. The molecule has 0 fully saturated rings. The topological polar surface area (TPSA) is 65.8 Å². The standard InChI is InChI=1S/C16H18N4O/c1-11-12(7-9-17)13-5-3-4-6-14(13)20(11)16(21)15-8-10-18-19(15)2/h3-6,8,10H,7,9,17H2,1-2H3. The van der Waals surface area contributed by atoms with Crippen LogP contribution in [-0.2, 0) is 13.5 Å². The van der Waals surface area contributed by atoms with E-state index in [4.69, 9.17) is 5.73 Å². The predicted octanol–water partition coefficient (Wildman–Crippen LogP) is 1.87. The second-order valence-electron chi connectivity index (χ2n) is 5.10. The maximum Gasteiger partial charge on any atom is 0.280 e. The molecule has 0 aliphatic rings. The lowest BCUT2D eigenvalue weighted by atomic mass is 10.1. The van der Waals surface area contributed by atoms with Gasteiger partial charge in [0.15, 0.2) is 0 Å². The summed E-state index contributed by atoms with van der Waals surface area (Å²) in [5, 5.41) is 5.17. The molecule has 0 saturated heterocycles. The molecule has 21 heavy (non-hydrogen) atoms. The van der Waals surface area contributed by atoms with Gasteiger partial charge in [0, 0.05) is 24.3 Å². The zero-order valence-electron chi connectivity index (χ0n) is 12.2. The number of hydrogen-bond acceptors (Lipinski definition) is 3. The van der Waals surface area contributed by atoms with Gasteiger partial charge >= 0.3 is 0 Å². The molecule has 0 atom stereocenters. The van der Waals surface area contributed by atoms with Gasteiger partial charge in [0.1, 0.15) is 5.69 Å². The molecule has 0 aliphatic carbocycles. The number of aromatic nitrogens is 3. The molecule has 0 unspecified atom stereocenters. The van der Waals surface area contributed by atoms with Crippen molar-refractivity contribution in [3.63, 3.8) is 0 Å². The summed E-state index contributed by atoms with van der Waals surface area (Å²) in [5.41, 5.74) is 9.30. The molecule has 0 amide bonds. The molecule has 1 aromatic carbocycles. The summed E-state index contributed by atoms with van der Waals surface area (Å²) in [6, 6.07) is 9.68. The lowest BCUT2D eigenvalue weighted by Gasteiger charge is -2.07. The molecule has 0 bridgehead atoms. The molecule has 108 valence electrons. The quantitative estimate of drug-likeness (QED) is 0.797. The van der Waals surface area contributed by atoms with Crippen LogP contribution in [-0.4, -0.2) is 26.8 Å². The fraction of sp³-hybridized carbons (Fsp3) is 0.250. The van der Waals surface area contributed by atoms with Crippen molar-refractivity contribution in [2.75, 3.05) is 6.54 Å². The highest BCUT2D eigenvalue weighted by Crippen LogP contribution is 2.26. The van der Waals surface area contributed by atoms with E-state index in [-0.39, 0.29) is 5.91 Å². The monoisotopic (exact) mass is 282 g/mol. The summed E-state index contributed by atoms with van der Waals surface area (Å²) in [7, 11) is 1.77. The molecule has 0 aliphatic heterocycles. The van der Waals surface area contributed by atoms with Gasteiger partial charge in [-0.05, 0) is 37.6 Å². The van der Waals surface area contributed by atoms with Gasteiger partial charge in [-0.3, -0.25) is 14.0 Å². The third kappa shape index (κ3) is 2.06. The predicted molar refractivity (Wildman–Crippen MR) is 82.4 cm³/mol. The minimum absolute atomic E-state index is 0.0630. The van der Waals surface area contributed by atoms with Crippen molar-refractivity contribution in [3.05, 3.63) is 53.5 Å². The number of carbonyl (C=O) groups excluding carboxylic acids is 1. The first-order valence-corrected chi connectivity index (χ1v) is 6.97. The largest absolute Gasteiger partial charge is 0.330 e. The van der Waals surface area contributed by atoms with Crippen molar-refractivity contribution in [1.29, 1.82) is 0 Å². The van der Waals surface area contributed by atoms with Crippen molar-refractivity contribution in [3.8, 4) is 0 Å². The van der Waals surface area contributed by atoms with Gasteiger partial charge in [0.05, 0.1) is 5.52 Å². The number of hydrogen-bond donors (Lipinski definition) is 1.